The normalized spacial score (nSPS) is 25.7. The molecule has 0 aliphatic carbocycles. The minimum atomic E-state index is 0.446. The number of halogens is 1. The van der Waals surface area contributed by atoms with E-state index in [1.54, 1.807) is 11.8 Å². The number of nitrogens with zero attached hydrogens (tertiary/aromatic N) is 1. The van der Waals surface area contributed by atoms with E-state index in [4.69, 9.17) is 0 Å². The second-order valence-corrected chi connectivity index (χ2v) is 4.17. The highest BCUT2D eigenvalue weighted by Gasteiger charge is 2.10. The average molecular weight is 220 g/mol. The lowest BCUT2D eigenvalue weighted by atomic mass is 10.2. The van der Waals surface area contributed by atoms with Crippen molar-refractivity contribution in [2.24, 2.45) is 4.99 Å². The van der Waals surface area contributed by atoms with Gasteiger partial charge < -0.3 is 0 Å². The minimum Gasteiger partial charge on any atom is -0.278 e. The Morgan fingerprint density at radius 1 is 1.80 bits per heavy atom. The molecule has 56 valence electrons. The van der Waals surface area contributed by atoms with Gasteiger partial charge >= 0.3 is 0 Å². The fraction of sp³-hybridized carbons (Fsp3) is 0.571. The number of hydrogen-bond acceptors (Lipinski definition) is 2. The lowest BCUT2D eigenvalue weighted by Gasteiger charge is -2.14. The van der Waals surface area contributed by atoms with Gasteiger partial charge in [0, 0.05) is 17.1 Å². The summed E-state index contributed by atoms with van der Waals surface area (Å²) in [5.74, 6) is 0. The Bertz CT molecular complexity index is 186. The van der Waals surface area contributed by atoms with Crippen molar-refractivity contribution in [1.82, 2.24) is 0 Å². The van der Waals surface area contributed by atoms with Crippen LogP contribution >= 0.6 is 27.7 Å². The molecular formula is C7H10BrNS. The molecule has 0 bridgehead atoms. The van der Waals surface area contributed by atoms with Crippen LogP contribution in [0.2, 0.25) is 0 Å². The van der Waals surface area contributed by atoms with Crippen LogP contribution in [-0.2, 0) is 0 Å². The van der Waals surface area contributed by atoms with Crippen molar-refractivity contribution >= 4 is 33.9 Å². The van der Waals surface area contributed by atoms with Crippen molar-refractivity contribution in [3.63, 3.8) is 0 Å². The van der Waals surface area contributed by atoms with Crippen molar-refractivity contribution in [2.45, 2.75) is 18.7 Å². The molecule has 0 radical (unpaired) electrons. The summed E-state index contributed by atoms with van der Waals surface area (Å²) in [6.07, 6.45) is 5.08. The molecule has 0 amide bonds. The van der Waals surface area contributed by atoms with E-state index in [-0.39, 0.29) is 0 Å². The first-order valence-electron chi connectivity index (χ1n) is 3.15. The Hall–Kier alpha value is 0.240. The molecule has 0 saturated heterocycles. The SMILES string of the molecule is CSC1CC(C)=C(Br)C=N1. The highest BCUT2D eigenvalue weighted by Crippen LogP contribution is 2.25. The second kappa shape index (κ2) is 3.58. The number of rotatable bonds is 1. The number of hydrogen-bond donors (Lipinski definition) is 0. The molecule has 0 saturated carbocycles. The van der Waals surface area contributed by atoms with E-state index < -0.39 is 0 Å². The lowest BCUT2D eigenvalue weighted by molar-refractivity contribution is 0.882. The largest absolute Gasteiger partial charge is 0.278 e. The summed E-state index contributed by atoms with van der Waals surface area (Å²) in [5.41, 5.74) is 1.40. The topological polar surface area (TPSA) is 12.4 Å². The van der Waals surface area contributed by atoms with Gasteiger partial charge in [-0.3, -0.25) is 4.99 Å². The summed E-state index contributed by atoms with van der Waals surface area (Å²) in [6, 6.07) is 0. The maximum atomic E-state index is 4.31. The molecule has 0 aromatic heterocycles. The summed E-state index contributed by atoms with van der Waals surface area (Å²) in [7, 11) is 0. The first kappa shape index (κ1) is 8.34. The van der Waals surface area contributed by atoms with Crippen LogP contribution in [0, 0.1) is 0 Å². The second-order valence-electron chi connectivity index (χ2n) is 2.30. The summed E-state index contributed by atoms with van der Waals surface area (Å²) < 4.78 is 1.15. The van der Waals surface area contributed by atoms with Crippen molar-refractivity contribution in [3.8, 4) is 0 Å². The zero-order valence-corrected chi connectivity index (χ0v) is 8.50. The van der Waals surface area contributed by atoms with Crippen LogP contribution in [0.25, 0.3) is 0 Å². The van der Waals surface area contributed by atoms with E-state index >= 15 is 0 Å². The van der Waals surface area contributed by atoms with E-state index in [1.165, 1.54) is 5.57 Å². The van der Waals surface area contributed by atoms with E-state index in [2.05, 4.69) is 34.1 Å². The Balaban J connectivity index is 2.65. The molecule has 1 aliphatic heterocycles. The van der Waals surface area contributed by atoms with Crippen molar-refractivity contribution < 1.29 is 0 Å². The maximum Gasteiger partial charge on any atom is 0.0986 e. The Morgan fingerprint density at radius 2 is 2.50 bits per heavy atom. The molecule has 1 aliphatic rings. The van der Waals surface area contributed by atoms with Crippen LogP contribution in [0.15, 0.2) is 15.0 Å². The quantitative estimate of drug-likeness (QED) is 0.661. The Morgan fingerprint density at radius 3 is 3.00 bits per heavy atom. The standard InChI is InChI=1S/C7H10BrNS/c1-5-3-7(10-2)9-4-6(5)8/h4,7H,3H2,1-2H3. The molecule has 1 heterocycles. The fourth-order valence-electron chi connectivity index (χ4n) is 0.815. The molecule has 10 heavy (non-hydrogen) atoms. The van der Waals surface area contributed by atoms with Crippen LogP contribution in [0.3, 0.4) is 0 Å². The van der Waals surface area contributed by atoms with Gasteiger partial charge in [-0.2, -0.15) is 0 Å². The number of dihydropyridines is 1. The van der Waals surface area contributed by atoms with Gasteiger partial charge in [-0.1, -0.05) is 5.57 Å². The van der Waals surface area contributed by atoms with E-state index in [0.717, 1.165) is 10.9 Å². The predicted octanol–water partition coefficient (Wildman–Crippen LogP) is 2.82. The minimum absolute atomic E-state index is 0.446. The van der Waals surface area contributed by atoms with Crippen molar-refractivity contribution in [3.05, 3.63) is 10.1 Å². The smallest absolute Gasteiger partial charge is 0.0986 e. The Kier molecular flexibility index (Phi) is 2.98. The molecule has 1 nitrogen and oxygen atoms in total. The van der Waals surface area contributed by atoms with Crippen LogP contribution in [0.5, 0.6) is 0 Å². The number of aliphatic imine (C=N–C) groups is 1. The van der Waals surface area contributed by atoms with Gasteiger partial charge in [0.1, 0.15) is 0 Å². The molecule has 0 aromatic rings. The summed E-state index contributed by atoms with van der Waals surface area (Å²) in [6.45, 7) is 2.14. The van der Waals surface area contributed by atoms with Gasteiger partial charge in [0.2, 0.25) is 0 Å². The molecule has 0 aromatic carbocycles. The van der Waals surface area contributed by atoms with E-state index in [1.807, 2.05) is 6.21 Å². The number of thioether (sulfide) groups is 1. The van der Waals surface area contributed by atoms with E-state index in [9.17, 15) is 0 Å². The van der Waals surface area contributed by atoms with Gasteiger partial charge in [0.25, 0.3) is 0 Å². The van der Waals surface area contributed by atoms with Gasteiger partial charge in [0.05, 0.1) is 5.37 Å². The first-order valence-corrected chi connectivity index (χ1v) is 5.23. The van der Waals surface area contributed by atoms with Crippen LogP contribution in [-0.4, -0.2) is 17.8 Å². The van der Waals surface area contributed by atoms with Gasteiger partial charge in [-0.05, 0) is 29.1 Å². The van der Waals surface area contributed by atoms with Gasteiger partial charge in [-0.15, -0.1) is 11.8 Å². The first-order chi connectivity index (χ1) is 4.74. The monoisotopic (exact) mass is 219 g/mol. The average Bonchev–Trinajstić information content (AvgIpc) is 1.95. The lowest BCUT2D eigenvalue weighted by Crippen LogP contribution is -2.05. The summed E-state index contributed by atoms with van der Waals surface area (Å²) >= 11 is 5.23. The highest BCUT2D eigenvalue weighted by atomic mass is 79.9. The molecule has 3 heteroatoms. The van der Waals surface area contributed by atoms with Gasteiger partial charge in [-0.25, -0.2) is 0 Å². The van der Waals surface area contributed by atoms with Crippen LogP contribution in [0.4, 0.5) is 0 Å². The van der Waals surface area contributed by atoms with Crippen LogP contribution < -0.4 is 0 Å². The number of allylic oxidation sites excluding steroid dienone is 1. The van der Waals surface area contributed by atoms with Crippen molar-refractivity contribution in [2.75, 3.05) is 6.26 Å². The molecule has 0 spiro atoms. The van der Waals surface area contributed by atoms with E-state index in [0.29, 0.717) is 5.37 Å². The van der Waals surface area contributed by atoms with Gasteiger partial charge in [0.15, 0.2) is 0 Å². The molecule has 1 atom stereocenters. The third-order valence-electron chi connectivity index (χ3n) is 1.51. The summed E-state index contributed by atoms with van der Waals surface area (Å²) in [4.78, 5) is 4.31. The predicted molar refractivity (Wildman–Crippen MR) is 52.0 cm³/mol. The maximum absolute atomic E-state index is 4.31. The van der Waals surface area contributed by atoms with Crippen LogP contribution in [0.1, 0.15) is 13.3 Å². The molecule has 0 fully saturated rings. The highest BCUT2D eigenvalue weighted by molar-refractivity contribution is 9.12. The Labute approximate surface area is 74.1 Å². The zero-order valence-electron chi connectivity index (χ0n) is 6.10. The molecule has 0 N–H and O–H groups in total. The molecular weight excluding hydrogens is 210 g/mol. The third-order valence-corrected chi connectivity index (χ3v) is 3.23. The fourth-order valence-corrected chi connectivity index (χ4v) is 1.69. The molecule has 1 rings (SSSR count). The summed E-state index contributed by atoms with van der Waals surface area (Å²) in [5, 5.41) is 0.446. The molecule has 1 unspecified atom stereocenters. The third kappa shape index (κ3) is 1.86. The zero-order chi connectivity index (χ0) is 7.56. The van der Waals surface area contributed by atoms with Crippen molar-refractivity contribution in [1.29, 1.82) is 0 Å².